The number of rotatable bonds is 7. The number of carbonyl (C=O) groups is 4. The molecule has 0 atom stereocenters. The van der Waals surface area contributed by atoms with Crippen LogP contribution in [-0.4, -0.2) is 74.8 Å². The average molecular weight is 460 g/mol. The molecule has 2 aromatic rings. The van der Waals surface area contributed by atoms with Gasteiger partial charge in [0.25, 0.3) is 0 Å². The third kappa shape index (κ3) is 10.4. The summed E-state index contributed by atoms with van der Waals surface area (Å²) in [5.74, 6) is -4.02. The van der Waals surface area contributed by atoms with E-state index in [-0.39, 0.29) is 0 Å². The fourth-order valence-corrected chi connectivity index (χ4v) is 2.56. The number of carboxylic acid groups (broad SMARTS) is 4. The third-order valence-electron chi connectivity index (χ3n) is 3.87. The van der Waals surface area contributed by atoms with E-state index < -0.39 is 23.9 Å². The second-order valence-electron chi connectivity index (χ2n) is 6.29. The Morgan fingerprint density at radius 2 is 1.48 bits per heavy atom. The van der Waals surface area contributed by atoms with Gasteiger partial charge in [-0.15, -0.1) is 0 Å². The first-order chi connectivity index (χ1) is 15.6. The van der Waals surface area contributed by atoms with Crippen molar-refractivity contribution in [2.75, 3.05) is 19.6 Å². The molecule has 0 fully saturated rings. The summed E-state index contributed by atoms with van der Waals surface area (Å²) in [7, 11) is 0. The number of H-pyrrole nitrogens is 1. The van der Waals surface area contributed by atoms with E-state index in [1.165, 1.54) is 10.9 Å². The Labute approximate surface area is 187 Å². The predicted molar refractivity (Wildman–Crippen MR) is 119 cm³/mol. The van der Waals surface area contributed by atoms with Crippen LogP contribution in [0.15, 0.2) is 53.7 Å². The van der Waals surface area contributed by atoms with E-state index in [0.717, 1.165) is 36.4 Å². The van der Waals surface area contributed by atoms with Gasteiger partial charge in [-0.3, -0.25) is 4.99 Å². The lowest BCUT2D eigenvalue weighted by atomic mass is 10.1. The molecule has 1 aliphatic rings. The topological polar surface area (TPSA) is 215 Å². The third-order valence-corrected chi connectivity index (χ3v) is 3.87. The summed E-state index contributed by atoms with van der Waals surface area (Å²) in [5.41, 5.74) is 9.22. The summed E-state index contributed by atoms with van der Waals surface area (Å²) < 4.78 is 0. The van der Waals surface area contributed by atoms with Crippen molar-refractivity contribution in [1.82, 2.24) is 10.3 Å². The molecule has 12 nitrogen and oxygen atoms in total. The van der Waals surface area contributed by atoms with Crippen molar-refractivity contribution in [2.24, 2.45) is 10.7 Å². The Morgan fingerprint density at radius 3 is 1.91 bits per heavy atom. The molecule has 0 saturated carbocycles. The zero-order valence-corrected chi connectivity index (χ0v) is 17.4. The predicted octanol–water partition coefficient (Wildman–Crippen LogP) is 0.443. The van der Waals surface area contributed by atoms with Crippen LogP contribution < -0.4 is 11.1 Å². The van der Waals surface area contributed by atoms with Crippen LogP contribution in [0.3, 0.4) is 0 Å². The van der Waals surface area contributed by atoms with Crippen molar-refractivity contribution in [1.29, 1.82) is 0 Å². The van der Waals surface area contributed by atoms with Crippen LogP contribution in [0.1, 0.15) is 11.1 Å². The molecule has 1 aromatic heterocycles. The number of aliphatic carboxylic acids is 4. The monoisotopic (exact) mass is 460 g/mol. The lowest BCUT2D eigenvalue weighted by molar-refractivity contribution is -0.134. The molecule has 1 aliphatic heterocycles. The Bertz CT molecular complexity index is 1020. The van der Waals surface area contributed by atoms with E-state index in [1.807, 2.05) is 6.20 Å². The maximum absolute atomic E-state index is 9.55. The Morgan fingerprint density at radius 1 is 0.939 bits per heavy atom. The lowest BCUT2D eigenvalue weighted by Crippen LogP contribution is -2.19. The molecule has 0 spiro atoms. The minimum absolute atomic E-state index is 0.558. The van der Waals surface area contributed by atoms with Crippen molar-refractivity contribution in [3.8, 4) is 0 Å². The quantitative estimate of drug-likeness (QED) is 0.283. The number of aromatic nitrogens is 1. The highest BCUT2D eigenvalue weighted by Gasteiger charge is 2.10. The van der Waals surface area contributed by atoms with Gasteiger partial charge in [0.1, 0.15) is 5.84 Å². The molecule has 2 heterocycles. The fourth-order valence-electron chi connectivity index (χ4n) is 2.56. The summed E-state index contributed by atoms with van der Waals surface area (Å²) in [4.78, 5) is 45.9. The minimum Gasteiger partial charge on any atom is -0.478 e. The van der Waals surface area contributed by atoms with E-state index in [9.17, 15) is 19.2 Å². The zero-order chi connectivity index (χ0) is 24.8. The van der Waals surface area contributed by atoms with Gasteiger partial charge in [-0.2, -0.15) is 0 Å². The highest BCUT2D eigenvalue weighted by atomic mass is 16.4. The fraction of sp³-hybridized carbons (Fsp3) is 0.190. The number of amidine groups is 1. The number of nitrogens with two attached hydrogens (primary N) is 1. The number of nitrogens with zero attached hydrogens (tertiary/aromatic N) is 1. The highest BCUT2D eigenvalue weighted by molar-refractivity contribution is 6.03. The summed E-state index contributed by atoms with van der Waals surface area (Å²) in [5, 5.41) is 35.8. The van der Waals surface area contributed by atoms with Crippen molar-refractivity contribution < 1.29 is 39.6 Å². The summed E-state index contributed by atoms with van der Waals surface area (Å²) in [6.07, 6.45) is 5.18. The van der Waals surface area contributed by atoms with Crippen LogP contribution >= 0.6 is 0 Å². The number of hydrogen-bond donors (Lipinski definition) is 7. The normalized spacial score (nSPS) is 12.3. The van der Waals surface area contributed by atoms with Crippen molar-refractivity contribution >= 4 is 40.6 Å². The van der Waals surface area contributed by atoms with E-state index in [1.54, 1.807) is 0 Å². The molecule has 0 bridgehead atoms. The van der Waals surface area contributed by atoms with Gasteiger partial charge in [-0.1, -0.05) is 0 Å². The molecule has 0 aliphatic carbocycles. The smallest absolute Gasteiger partial charge is 0.328 e. The minimum atomic E-state index is -1.26. The molecule has 0 unspecified atom stereocenters. The van der Waals surface area contributed by atoms with E-state index in [2.05, 4.69) is 33.5 Å². The summed E-state index contributed by atoms with van der Waals surface area (Å²) in [6.45, 7) is 2.49. The van der Waals surface area contributed by atoms with Crippen molar-refractivity contribution in [3.05, 3.63) is 59.8 Å². The summed E-state index contributed by atoms with van der Waals surface area (Å²) in [6, 6.07) is 6.39. The number of aromatic amines is 1. The lowest BCUT2D eigenvalue weighted by Gasteiger charge is -2.03. The molecule has 12 heteroatoms. The van der Waals surface area contributed by atoms with Gasteiger partial charge in [0.05, 0.1) is 6.54 Å². The van der Waals surface area contributed by atoms with Crippen LogP contribution in [0.2, 0.25) is 0 Å². The number of fused-ring (bicyclic) bond motifs is 1. The molecule has 0 radical (unpaired) electrons. The van der Waals surface area contributed by atoms with Crippen LogP contribution in [0.4, 0.5) is 0 Å². The van der Waals surface area contributed by atoms with Gasteiger partial charge >= 0.3 is 23.9 Å². The second-order valence-corrected chi connectivity index (χ2v) is 6.29. The van der Waals surface area contributed by atoms with Gasteiger partial charge in [0.2, 0.25) is 0 Å². The number of aliphatic imine (C=N–C) groups is 1. The molecule has 33 heavy (non-hydrogen) atoms. The first kappa shape index (κ1) is 26.6. The molecular weight excluding hydrogens is 436 g/mol. The molecule has 3 rings (SSSR count). The highest BCUT2D eigenvalue weighted by Crippen LogP contribution is 2.20. The first-order valence-corrected chi connectivity index (χ1v) is 9.50. The van der Waals surface area contributed by atoms with Crippen LogP contribution in [0.5, 0.6) is 0 Å². The van der Waals surface area contributed by atoms with Crippen molar-refractivity contribution in [2.45, 2.75) is 6.42 Å². The van der Waals surface area contributed by atoms with Gasteiger partial charge in [-0.25, -0.2) is 19.2 Å². The van der Waals surface area contributed by atoms with Crippen LogP contribution in [0.25, 0.3) is 10.9 Å². The van der Waals surface area contributed by atoms with Crippen molar-refractivity contribution in [3.63, 3.8) is 0 Å². The molecule has 0 saturated heterocycles. The van der Waals surface area contributed by atoms with Crippen LogP contribution in [0, 0.1) is 0 Å². The summed E-state index contributed by atoms with van der Waals surface area (Å²) >= 11 is 0. The van der Waals surface area contributed by atoms with E-state index in [4.69, 9.17) is 26.2 Å². The molecule has 8 N–H and O–H groups in total. The number of hydrogen-bond acceptors (Lipinski definition) is 7. The maximum Gasteiger partial charge on any atom is 0.328 e. The molecule has 0 amide bonds. The second kappa shape index (κ2) is 13.8. The first-order valence-electron chi connectivity index (χ1n) is 9.50. The van der Waals surface area contributed by atoms with E-state index in [0.29, 0.717) is 30.8 Å². The number of nitrogens with one attached hydrogen (secondary N) is 2. The van der Waals surface area contributed by atoms with Gasteiger partial charge < -0.3 is 36.5 Å². The number of carboxylic acids is 4. The van der Waals surface area contributed by atoms with Gasteiger partial charge in [0.15, 0.2) is 0 Å². The van der Waals surface area contributed by atoms with E-state index >= 15 is 0 Å². The van der Waals surface area contributed by atoms with Crippen LogP contribution in [-0.2, 0) is 25.6 Å². The average Bonchev–Trinajstić information content (AvgIpc) is 3.42. The standard InChI is InChI=1S/C13H16N4.2C4H4O4/c14-4-3-10-8-17-12-2-1-9(7-11(10)12)13-15-5-6-16-13;2*5-3(6)1-2-4(7)8/h1-2,7-8,17H,3-6,14H2,(H,15,16);2*1-2H,(H,5,6)(H,7,8)/b;2*2-1-. The van der Waals surface area contributed by atoms with Gasteiger partial charge in [0, 0.05) is 53.5 Å². The maximum atomic E-state index is 9.55. The Balaban J connectivity index is 0.000000288. The SMILES string of the molecule is NCCc1c[nH]c2ccc(C3=NCCN3)cc12.O=C(O)/C=C\C(=O)O.O=C(O)/C=C\C(=O)O. The molecule has 1 aromatic carbocycles. The zero-order valence-electron chi connectivity index (χ0n) is 17.4. The Hall–Kier alpha value is -4.45. The van der Waals surface area contributed by atoms with Gasteiger partial charge in [-0.05, 0) is 36.7 Å². The number of benzene rings is 1. The largest absolute Gasteiger partial charge is 0.478 e. The molecular formula is C21H24N4O8. The molecule has 176 valence electrons. The Kier molecular flexibility index (Phi) is 11.1.